The minimum Gasteiger partial charge on any atom is -0.444 e. The average Bonchev–Trinajstić information content (AvgIpc) is 2.69. The van der Waals surface area contributed by atoms with Crippen molar-refractivity contribution in [2.75, 3.05) is 6.54 Å². The molecule has 198 valence electrons. The molecule has 2 N–H and O–H groups in total. The van der Waals surface area contributed by atoms with Gasteiger partial charge in [0.15, 0.2) is 0 Å². The van der Waals surface area contributed by atoms with Crippen LogP contribution >= 0.6 is 0 Å². The van der Waals surface area contributed by atoms with E-state index in [1.54, 1.807) is 25.7 Å². The van der Waals surface area contributed by atoms with E-state index in [-0.39, 0.29) is 17.7 Å². The van der Waals surface area contributed by atoms with Crippen LogP contribution in [0.1, 0.15) is 99.2 Å². The van der Waals surface area contributed by atoms with Crippen LogP contribution in [-0.2, 0) is 20.7 Å². The summed E-state index contributed by atoms with van der Waals surface area (Å²) in [5.74, 6) is -0.391. The molecule has 0 radical (unpaired) electrons. The van der Waals surface area contributed by atoms with Gasteiger partial charge in [0.2, 0.25) is 11.8 Å². The van der Waals surface area contributed by atoms with Gasteiger partial charge in [0.25, 0.3) is 0 Å². The predicted octanol–water partition coefficient (Wildman–Crippen LogP) is 5.38. The lowest BCUT2D eigenvalue weighted by Crippen LogP contribution is -2.55. The SMILES string of the molecule is CCCN(C(=O)C(CC(C)C)NC(=O)OC(C)(C)C)C(C(=O)NC(C)(C)C)c1ccc(CC)cc1. The van der Waals surface area contributed by atoms with E-state index in [0.717, 1.165) is 17.5 Å². The lowest BCUT2D eigenvalue weighted by Gasteiger charge is -2.36. The van der Waals surface area contributed by atoms with E-state index < -0.39 is 29.3 Å². The topological polar surface area (TPSA) is 87.7 Å². The van der Waals surface area contributed by atoms with E-state index in [0.29, 0.717) is 19.4 Å². The highest BCUT2D eigenvalue weighted by molar-refractivity contribution is 5.92. The maximum atomic E-state index is 14.0. The fourth-order valence-corrected chi connectivity index (χ4v) is 3.80. The largest absolute Gasteiger partial charge is 0.444 e. The van der Waals surface area contributed by atoms with Gasteiger partial charge in [0, 0.05) is 12.1 Å². The Balaban J connectivity index is 3.46. The van der Waals surface area contributed by atoms with Gasteiger partial charge in [-0.25, -0.2) is 4.79 Å². The van der Waals surface area contributed by atoms with Crippen LogP contribution in [0.2, 0.25) is 0 Å². The molecule has 0 bridgehead atoms. The smallest absolute Gasteiger partial charge is 0.408 e. The minimum absolute atomic E-state index is 0.146. The fourth-order valence-electron chi connectivity index (χ4n) is 3.80. The minimum atomic E-state index is -0.817. The zero-order valence-corrected chi connectivity index (χ0v) is 23.5. The summed E-state index contributed by atoms with van der Waals surface area (Å²) in [6, 6.07) is 6.19. The summed E-state index contributed by atoms with van der Waals surface area (Å²) in [6.07, 6.45) is 1.34. The predicted molar refractivity (Wildman–Crippen MR) is 141 cm³/mol. The lowest BCUT2D eigenvalue weighted by molar-refractivity contribution is -0.143. The third-order valence-electron chi connectivity index (χ3n) is 5.21. The van der Waals surface area contributed by atoms with E-state index in [2.05, 4.69) is 17.6 Å². The number of rotatable bonds is 10. The Hall–Kier alpha value is -2.57. The number of nitrogens with one attached hydrogen (secondary N) is 2. The zero-order chi connectivity index (χ0) is 27.0. The maximum absolute atomic E-state index is 14.0. The quantitative estimate of drug-likeness (QED) is 0.462. The second-order valence-corrected chi connectivity index (χ2v) is 11.6. The molecule has 7 nitrogen and oxygen atoms in total. The highest BCUT2D eigenvalue weighted by atomic mass is 16.6. The molecule has 0 aromatic heterocycles. The number of carbonyl (C=O) groups is 3. The van der Waals surface area contributed by atoms with Gasteiger partial charge >= 0.3 is 6.09 Å². The van der Waals surface area contributed by atoms with Crippen molar-refractivity contribution in [2.24, 2.45) is 5.92 Å². The summed E-state index contributed by atoms with van der Waals surface area (Å²) in [4.78, 5) is 41.7. The highest BCUT2D eigenvalue weighted by Crippen LogP contribution is 2.25. The summed E-state index contributed by atoms with van der Waals surface area (Å²) >= 11 is 0. The standard InChI is InChI=1S/C28H47N3O4/c1-11-17-31(25(33)22(18-19(3)4)29-26(34)35-28(8,9)10)23(24(32)30-27(5,6)7)21-15-13-20(12-2)14-16-21/h13-16,19,22-23H,11-12,17-18H2,1-10H3,(H,29,34)(H,30,32). The summed E-state index contributed by atoms with van der Waals surface area (Å²) < 4.78 is 5.42. The number of benzene rings is 1. The number of aryl methyl sites for hydroxylation is 1. The van der Waals surface area contributed by atoms with Gasteiger partial charge < -0.3 is 20.3 Å². The molecule has 0 spiro atoms. The molecule has 3 amide bonds. The van der Waals surface area contributed by atoms with Crippen LogP contribution in [0.25, 0.3) is 0 Å². The van der Waals surface area contributed by atoms with Crippen LogP contribution < -0.4 is 10.6 Å². The Labute approximate surface area is 212 Å². The van der Waals surface area contributed by atoms with Gasteiger partial charge in [-0.15, -0.1) is 0 Å². The number of ether oxygens (including phenoxy) is 1. The van der Waals surface area contributed by atoms with E-state index in [4.69, 9.17) is 4.74 Å². The second-order valence-electron chi connectivity index (χ2n) is 11.6. The molecule has 7 heteroatoms. The highest BCUT2D eigenvalue weighted by Gasteiger charge is 2.37. The number of hydrogen-bond acceptors (Lipinski definition) is 4. The third-order valence-corrected chi connectivity index (χ3v) is 5.21. The molecular formula is C28H47N3O4. The Morgan fingerprint density at radius 2 is 1.54 bits per heavy atom. The molecular weight excluding hydrogens is 442 g/mol. The van der Waals surface area contributed by atoms with Crippen molar-refractivity contribution in [1.29, 1.82) is 0 Å². The lowest BCUT2D eigenvalue weighted by atomic mass is 9.97. The van der Waals surface area contributed by atoms with Gasteiger partial charge in [-0.2, -0.15) is 0 Å². The first-order chi connectivity index (χ1) is 16.1. The molecule has 0 aliphatic rings. The van der Waals surface area contributed by atoms with Crippen LogP contribution in [0.4, 0.5) is 4.79 Å². The second kappa shape index (κ2) is 12.9. The van der Waals surface area contributed by atoms with E-state index in [1.807, 2.05) is 65.8 Å². The van der Waals surface area contributed by atoms with Crippen LogP contribution in [0.3, 0.4) is 0 Å². The number of nitrogens with zero attached hydrogens (tertiary/aromatic N) is 1. The number of alkyl carbamates (subject to hydrolysis) is 1. The van der Waals surface area contributed by atoms with Gasteiger partial charge in [0.1, 0.15) is 17.7 Å². The Bertz CT molecular complexity index is 835. The Morgan fingerprint density at radius 1 is 0.971 bits per heavy atom. The first kappa shape index (κ1) is 30.5. The van der Waals surface area contributed by atoms with E-state index in [9.17, 15) is 14.4 Å². The molecule has 0 heterocycles. The van der Waals surface area contributed by atoms with E-state index >= 15 is 0 Å². The van der Waals surface area contributed by atoms with Gasteiger partial charge in [-0.05, 0) is 77.8 Å². The van der Waals surface area contributed by atoms with Crippen molar-refractivity contribution >= 4 is 17.9 Å². The van der Waals surface area contributed by atoms with Gasteiger partial charge in [-0.1, -0.05) is 52.0 Å². The van der Waals surface area contributed by atoms with Crippen LogP contribution in [0.5, 0.6) is 0 Å². The van der Waals surface area contributed by atoms with Crippen molar-refractivity contribution in [2.45, 2.75) is 112 Å². The van der Waals surface area contributed by atoms with Crippen molar-refractivity contribution in [3.8, 4) is 0 Å². The fraction of sp³-hybridized carbons (Fsp3) is 0.679. The van der Waals surface area contributed by atoms with Crippen molar-refractivity contribution in [3.05, 3.63) is 35.4 Å². The number of hydrogen-bond donors (Lipinski definition) is 2. The normalized spacial score (nSPS) is 13.7. The van der Waals surface area contributed by atoms with Crippen molar-refractivity contribution in [3.63, 3.8) is 0 Å². The maximum Gasteiger partial charge on any atom is 0.408 e. The Kier molecular flexibility index (Phi) is 11.3. The summed E-state index contributed by atoms with van der Waals surface area (Å²) in [5.41, 5.74) is 0.744. The van der Waals surface area contributed by atoms with E-state index in [1.165, 1.54) is 0 Å². The summed E-state index contributed by atoms with van der Waals surface area (Å²) in [6.45, 7) is 19.5. The Morgan fingerprint density at radius 3 is 1.97 bits per heavy atom. The van der Waals surface area contributed by atoms with Crippen molar-refractivity contribution in [1.82, 2.24) is 15.5 Å². The van der Waals surface area contributed by atoms with Crippen LogP contribution in [0, 0.1) is 5.92 Å². The molecule has 35 heavy (non-hydrogen) atoms. The summed E-state index contributed by atoms with van der Waals surface area (Å²) in [7, 11) is 0. The molecule has 2 unspecified atom stereocenters. The van der Waals surface area contributed by atoms with Gasteiger partial charge in [0.05, 0.1) is 0 Å². The third kappa shape index (κ3) is 10.7. The molecule has 2 atom stereocenters. The summed E-state index contributed by atoms with van der Waals surface area (Å²) in [5, 5.41) is 5.82. The van der Waals surface area contributed by atoms with Gasteiger partial charge in [-0.3, -0.25) is 9.59 Å². The number of carbonyl (C=O) groups excluding carboxylic acids is 3. The molecule has 1 rings (SSSR count). The zero-order valence-electron chi connectivity index (χ0n) is 23.5. The molecule has 0 aliphatic heterocycles. The van der Waals surface area contributed by atoms with Crippen molar-refractivity contribution < 1.29 is 19.1 Å². The number of amides is 3. The van der Waals surface area contributed by atoms with Crippen LogP contribution in [-0.4, -0.2) is 46.5 Å². The van der Waals surface area contributed by atoms with Crippen LogP contribution in [0.15, 0.2) is 24.3 Å². The molecule has 1 aromatic rings. The molecule has 0 saturated heterocycles. The molecule has 0 saturated carbocycles. The first-order valence-corrected chi connectivity index (χ1v) is 12.8. The monoisotopic (exact) mass is 489 g/mol. The molecule has 0 aliphatic carbocycles. The average molecular weight is 490 g/mol. The molecule has 1 aromatic carbocycles. The molecule has 0 fully saturated rings. The first-order valence-electron chi connectivity index (χ1n) is 12.8.